The first-order valence-corrected chi connectivity index (χ1v) is 9.22. The van der Waals surface area contributed by atoms with E-state index in [9.17, 15) is 9.59 Å². The second-order valence-corrected chi connectivity index (χ2v) is 6.56. The smallest absolute Gasteiger partial charge is 0.261 e. The molecule has 0 unspecified atom stereocenters. The fourth-order valence-electron chi connectivity index (χ4n) is 2.95. The molecule has 0 saturated carbocycles. The molecule has 3 aromatic carbocycles. The quantitative estimate of drug-likeness (QED) is 0.546. The zero-order valence-electron chi connectivity index (χ0n) is 15.9. The van der Waals surface area contributed by atoms with E-state index in [4.69, 9.17) is 4.74 Å². The number of ether oxygens (including phenoxy) is 1. The monoisotopic (exact) mass is 373 g/mol. The molecule has 0 aromatic heterocycles. The van der Waals surface area contributed by atoms with E-state index in [0.717, 1.165) is 11.1 Å². The maximum Gasteiger partial charge on any atom is 0.261 e. The molecule has 0 N–H and O–H groups in total. The SMILES string of the molecule is CC(=O)c1ccccc1OCC(=O)N(Cc1ccccc1)Cc1ccccc1. The molecule has 0 fully saturated rings. The Balaban J connectivity index is 1.73. The number of hydrogen-bond acceptors (Lipinski definition) is 3. The Morgan fingerprint density at radius 3 is 1.79 bits per heavy atom. The lowest BCUT2D eigenvalue weighted by molar-refractivity contribution is -0.134. The Labute approximate surface area is 165 Å². The van der Waals surface area contributed by atoms with Crippen LogP contribution in [0, 0.1) is 0 Å². The lowest BCUT2D eigenvalue weighted by Crippen LogP contribution is -2.34. The summed E-state index contributed by atoms with van der Waals surface area (Å²) in [7, 11) is 0. The van der Waals surface area contributed by atoms with Crippen LogP contribution in [0.5, 0.6) is 5.75 Å². The number of para-hydroxylation sites is 1. The average Bonchev–Trinajstić information content (AvgIpc) is 2.73. The molecule has 0 aliphatic rings. The van der Waals surface area contributed by atoms with Crippen molar-refractivity contribution in [1.29, 1.82) is 0 Å². The second kappa shape index (κ2) is 9.51. The van der Waals surface area contributed by atoms with Crippen LogP contribution in [0.1, 0.15) is 28.4 Å². The molecule has 0 saturated heterocycles. The van der Waals surface area contributed by atoms with Crippen LogP contribution in [0.25, 0.3) is 0 Å². The number of nitrogens with zero attached hydrogens (tertiary/aromatic N) is 1. The Bertz CT molecular complexity index is 881. The number of rotatable bonds is 8. The van der Waals surface area contributed by atoms with Gasteiger partial charge in [-0.05, 0) is 30.2 Å². The molecule has 3 rings (SSSR count). The number of ketones is 1. The molecule has 3 aromatic rings. The predicted octanol–water partition coefficient (Wildman–Crippen LogP) is 4.50. The van der Waals surface area contributed by atoms with Gasteiger partial charge in [-0.3, -0.25) is 9.59 Å². The van der Waals surface area contributed by atoms with Crippen LogP contribution in [0.15, 0.2) is 84.9 Å². The van der Waals surface area contributed by atoms with Gasteiger partial charge >= 0.3 is 0 Å². The first-order valence-electron chi connectivity index (χ1n) is 9.22. The third kappa shape index (κ3) is 5.30. The van der Waals surface area contributed by atoms with Crippen molar-refractivity contribution in [1.82, 2.24) is 4.90 Å². The molecule has 0 aliphatic carbocycles. The minimum absolute atomic E-state index is 0.0894. The van der Waals surface area contributed by atoms with Crippen molar-refractivity contribution in [2.24, 2.45) is 0 Å². The molecule has 0 atom stereocenters. The molecule has 0 aliphatic heterocycles. The van der Waals surface area contributed by atoms with Crippen molar-refractivity contribution < 1.29 is 14.3 Å². The minimum atomic E-state index is -0.133. The fourth-order valence-corrected chi connectivity index (χ4v) is 2.95. The zero-order valence-corrected chi connectivity index (χ0v) is 15.9. The second-order valence-electron chi connectivity index (χ2n) is 6.56. The number of carbonyl (C=O) groups excluding carboxylic acids is 2. The van der Waals surface area contributed by atoms with E-state index in [1.54, 1.807) is 29.2 Å². The van der Waals surface area contributed by atoms with Gasteiger partial charge in [0.25, 0.3) is 5.91 Å². The van der Waals surface area contributed by atoms with E-state index in [-0.39, 0.29) is 18.3 Å². The first kappa shape index (κ1) is 19.4. The van der Waals surface area contributed by atoms with Crippen molar-refractivity contribution in [3.63, 3.8) is 0 Å². The van der Waals surface area contributed by atoms with E-state index < -0.39 is 0 Å². The van der Waals surface area contributed by atoms with Crippen LogP contribution >= 0.6 is 0 Å². The third-order valence-electron chi connectivity index (χ3n) is 4.40. The van der Waals surface area contributed by atoms with Gasteiger partial charge < -0.3 is 9.64 Å². The Morgan fingerprint density at radius 2 is 1.25 bits per heavy atom. The summed E-state index contributed by atoms with van der Waals surface area (Å²) in [5.74, 6) is 0.210. The van der Waals surface area contributed by atoms with Crippen molar-refractivity contribution >= 4 is 11.7 Å². The molecular formula is C24H23NO3. The normalized spacial score (nSPS) is 10.3. The minimum Gasteiger partial charge on any atom is -0.483 e. The molecule has 1 amide bonds. The molecule has 0 spiro atoms. The summed E-state index contributed by atoms with van der Waals surface area (Å²) < 4.78 is 5.70. The highest BCUT2D eigenvalue weighted by Crippen LogP contribution is 2.19. The summed E-state index contributed by atoms with van der Waals surface area (Å²) in [6.45, 7) is 2.35. The topological polar surface area (TPSA) is 46.6 Å². The van der Waals surface area contributed by atoms with E-state index in [0.29, 0.717) is 24.4 Å². The van der Waals surface area contributed by atoms with E-state index in [1.165, 1.54) is 6.92 Å². The number of benzene rings is 3. The van der Waals surface area contributed by atoms with Gasteiger partial charge in [0.1, 0.15) is 5.75 Å². The van der Waals surface area contributed by atoms with Crippen molar-refractivity contribution in [3.05, 3.63) is 102 Å². The molecular weight excluding hydrogens is 350 g/mol. The molecule has 4 nitrogen and oxygen atoms in total. The molecule has 142 valence electrons. The van der Waals surface area contributed by atoms with Crippen LogP contribution < -0.4 is 4.74 Å². The van der Waals surface area contributed by atoms with Crippen LogP contribution in [0.3, 0.4) is 0 Å². The third-order valence-corrected chi connectivity index (χ3v) is 4.40. The van der Waals surface area contributed by atoms with Gasteiger partial charge in [0, 0.05) is 13.1 Å². The van der Waals surface area contributed by atoms with Crippen LogP contribution in [0.4, 0.5) is 0 Å². The maximum atomic E-state index is 12.9. The van der Waals surface area contributed by atoms with Gasteiger partial charge in [0.15, 0.2) is 12.4 Å². The van der Waals surface area contributed by atoms with Gasteiger partial charge in [-0.25, -0.2) is 0 Å². The fraction of sp³-hybridized carbons (Fsp3) is 0.167. The van der Waals surface area contributed by atoms with Gasteiger partial charge in [-0.15, -0.1) is 0 Å². The molecule has 0 bridgehead atoms. The van der Waals surface area contributed by atoms with Gasteiger partial charge in [0.05, 0.1) is 5.56 Å². The standard InChI is InChI=1S/C24H23NO3/c1-19(26)22-14-8-9-15-23(22)28-18-24(27)25(16-20-10-4-2-5-11-20)17-21-12-6-3-7-13-21/h2-15H,16-18H2,1H3. The lowest BCUT2D eigenvalue weighted by Gasteiger charge is -2.23. The number of carbonyl (C=O) groups is 2. The van der Waals surface area contributed by atoms with Crippen molar-refractivity contribution in [2.75, 3.05) is 6.61 Å². The van der Waals surface area contributed by atoms with E-state index >= 15 is 0 Å². The molecule has 4 heteroatoms. The highest BCUT2D eigenvalue weighted by Gasteiger charge is 2.17. The Morgan fingerprint density at radius 1 is 0.750 bits per heavy atom. The van der Waals surface area contributed by atoms with Crippen LogP contribution in [0.2, 0.25) is 0 Å². The first-order chi connectivity index (χ1) is 13.6. The van der Waals surface area contributed by atoms with Crippen LogP contribution in [-0.2, 0) is 17.9 Å². The summed E-state index contributed by atoms with van der Waals surface area (Å²) >= 11 is 0. The lowest BCUT2D eigenvalue weighted by atomic mass is 10.1. The predicted molar refractivity (Wildman–Crippen MR) is 109 cm³/mol. The maximum absolute atomic E-state index is 12.9. The Kier molecular flexibility index (Phi) is 6.58. The number of amides is 1. The summed E-state index contributed by atoms with van der Waals surface area (Å²) in [5, 5.41) is 0. The highest BCUT2D eigenvalue weighted by atomic mass is 16.5. The summed E-state index contributed by atoms with van der Waals surface area (Å²) in [6, 6.07) is 26.7. The van der Waals surface area contributed by atoms with Gasteiger partial charge in [-0.1, -0.05) is 72.8 Å². The molecule has 0 radical (unpaired) electrons. The van der Waals surface area contributed by atoms with Gasteiger partial charge in [0.2, 0.25) is 0 Å². The summed E-state index contributed by atoms with van der Waals surface area (Å²) in [4.78, 5) is 26.4. The van der Waals surface area contributed by atoms with Crippen molar-refractivity contribution in [2.45, 2.75) is 20.0 Å². The van der Waals surface area contributed by atoms with E-state index in [1.807, 2.05) is 60.7 Å². The summed E-state index contributed by atoms with van der Waals surface area (Å²) in [6.07, 6.45) is 0. The Hall–Kier alpha value is -3.40. The van der Waals surface area contributed by atoms with E-state index in [2.05, 4.69) is 0 Å². The highest BCUT2D eigenvalue weighted by molar-refractivity contribution is 5.96. The average molecular weight is 373 g/mol. The zero-order chi connectivity index (χ0) is 19.8. The number of Topliss-reactive ketones (excluding diaryl/α,β-unsaturated/α-hetero) is 1. The molecule has 0 heterocycles. The van der Waals surface area contributed by atoms with Gasteiger partial charge in [-0.2, -0.15) is 0 Å². The van der Waals surface area contributed by atoms with Crippen LogP contribution in [-0.4, -0.2) is 23.2 Å². The summed E-state index contributed by atoms with van der Waals surface area (Å²) in [5.41, 5.74) is 2.58. The number of hydrogen-bond donors (Lipinski definition) is 0. The molecule has 28 heavy (non-hydrogen) atoms. The van der Waals surface area contributed by atoms with Crippen molar-refractivity contribution in [3.8, 4) is 5.75 Å². The largest absolute Gasteiger partial charge is 0.483 e.